The van der Waals surface area contributed by atoms with Crippen LogP contribution in [0.1, 0.15) is 51.8 Å². The number of ether oxygens (including phenoxy) is 2. The van der Waals surface area contributed by atoms with E-state index in [1.165, 1.54) is 12.1 Å². The van der Waals surface area contributed by atoms with Gasteiger partial charge < -0.3 is 19.2 Å². The first-order valence-electron chi connectivity index (χ1n) is 9.00. The maximum absolute atomic E-state index is 13.4. The van der Waals surface area contributed by atoms with E-state index in [0.29, 0.717) is 17.5 Å². The van der Waals surface area contributed by atoms with Gasteiger partial charge in [-0.3, -0.25) is 0 Å². The fraction of sp³-hybridized carbons (Fsp3) is 0.526. The largest absolute Gasteiger partial charge is 0.484 e. The molecule has 1 aromatic heterocycles. The molecule has 9 heteroatoms. The third-order valence-electron chi connectivity index (χ3n) is 4.97. The van der Waals surface area contributed by atoms with Crippen molar-refractivity contribution in [2.24, 2.45) is 0 Å². The van der Waals surface area contributed by atoms with E-state index < -0.39 is 17.5 Å². The van der Waals surface area contributed by atoms with Crippen molar-refractivity contribution < 1.29 is 23.1 Å². The lowest BCUT2D eigenvalue weighted by Crippen LogP contribution is -2.77. The molecule has 3 saturated carbocycles. The van der Waals surface area contributed by atoms with Crippen molar-refractivity contribution in [2.75, 3.05) is 0 Å². The predicted octanol–water partition coefficient (Wildman–Crippen LogP) is 4.14. The van der Waals surface area contributed by atoms with E-state index in [1.54, 1.807) is 6.07 Å². The van der Waals surface area contributed by atoms with Gasteiger partial charge in [0, 0.05) is 11.6 Å². The third kappa shape index (κ3) is 3.53. The molecule has 28 heavy (non-hydrogen) atoms. The molecule has 3 aliphatic rings. The second-order valence-electron chi connectivity index (χ2n) is 8.58. The number of nitrogens with one attached hydrogen (secondary N) is 1. The van der Waals surface area contributed by atoms with Gasteiger partial charge in [0.25, 0.3) is 5.89 Å². The number of carbonyl (C=O) groups is 1. The van der Waals surface area contributed by atoms with Gasteiger partial charge in [0.2, 0.25) is 5.89 Å². The first-order valence-corrected chi connectivity index (χ1v) is 9.38. The summed E-state index contributed by atoms with van der Waals surface area (Å²) in [6.07, 6.45) is 1.81. The molecule has 0 radical (unpaired) electrons. The Morgan fingerprint density at radius 3 is 2.68 bits per heavy atom. The minimum atomic E-state index is -0.554. The summed E-state index contributed by atoms with van der Waals surface area (Å²) in [5, 5.41) is 11.1. The molecule has 1 amide bonds. The number of benzene rings is 1. The second kappa shape index (κ2) is 6.34. The van der Waals surface area contributed by atoms with Gasteiger partial charge in [0.05, 0.1) is 10.4 Å². The molecule has 2 aromatic rings. The highest BCUT2D eigenvalue weighted by atomic mass is 35.5. The monoisotopic (exact) mass is 409 g/mol. The lowest BCUT2D eigenvalue weighted by molar-refractivity contribution is -0.103. The Morgan fingerprint density at radius 1 is 1.32 bits per heavy atom. The average molecular weight is 410 g/mol. The van der Waals surface area contributed by atoms with Gasteiger partial charge in [-0.15, -0.1) is 10.2 Å². The van der Waals surface area contributed by atoms with E-state index >= 15 is 0 Å². The Balaban J connectivity index is 1.30. The number of alkyl carbamates (subject to hydrolysis) is 1. The molecule has 1 N–H and O–H groups in total. The lowest BCUT2D eigenvalue weighted by Gasteiger charge is -2.68. The van der Waals surface area contributed by atoms with Gasteiger partial charge >= 0.3 is 6.09 Å². The summed E-state index contributed by atoms with van der Waals surface area (Å²) in [4.78, 5) is 12.0. The Labute approximate surface area is 166 Å². The van der Waals surface area contributed by atoms with Crippen molar-refractivity contribution in [1.29, 1.82) is 0 Å². The SMILES string of the molecule is CC(C)(C)OC(=O)NC12CC(c3nnc(COc4ccc(Cl)c(F)c4)o3)(C1)C2. The molecule has 0 spiro atoms. The van der Waals surface area contributed by atoms with Gasteiger partial charge in [0.15, 0.2) is 6.61 Å². The Morgan fingerprint density at radius 2 is 2.04 bits per heavy atom. The van der Waals surface area contributed by atoms with Crippen LogP contribution in [0.25, 0.3) is 0 Å². The maximum atomic E-state index is 13.4. The molecule has 0 saturated heterocycles. The van der Waals surface area contributed by atoms with Gasteiger partial charge in [-0.1, -0.05) is 11.6 Å². The predicted molar refractivity (Wildman–Crippen MR) is 97.7 cm³/mol. The molecule has 0 unspecified atom stereocenters. The number of nitrogens with zero attached hydrogens (tertiary/aromatic N) is 2. The molecule has 7 nitrogen and oxygen atoms in total. The van der Waals surface area contributed by atoms with Crippen LogP contribution in [-0.2, 0) is 16.8 Å². The zero-order chi connectivity index (χ0) is 20.2. The number of halogens is 2. The van der Waals surface area contributed by atoms with E-state index in [2.05, 4.69) is 15.5 Å². The molecule has 150 valence electrons. The number of rotatable bonds is 5. The molecule has 1 aromatic carbocycles. The van der Waals surface area contributed by atoms with Crippen LogP contribution in [0.3, 0.4) is 0 Å². The van der Waals surface area contributed by atoms with Crippen LogP contribution in [0.4, 0.5) is 9.18 Å². The Hall–Kier alpha value is -2.35. The van der Waals surface area contributed by atoms with Gasteiger partial charge in [-0.25, -0.2) is 9.18 Å². The minimum absolute atomic E-state index is 0.0324. The van der Waals surface area contributed by atoms with Crippen LogP contribution >= 0.6 is 11.6 Å². The quantitative estimate of drug-likeness (QED) is 0.798. The third-order valence-corrected chi connectivity index (χ3v) is 5.28. The normalized spacial score (nSPS) is 25.5. The van der Waals surface area contributed by atoms with Crippen LogP contribution in [0.2, 0.25) is 5.02 Å². The molecule has 3 aliphatic carbocycles. The van der Waals surface area contributed by atoms with Crippen molar-refractivity contribution >= 4 is 17.7 Å². The maximum Gasteiger partial charge on any atom is 0.408 e. The molecule has 0 atom stereocenters. The standard InChI is InChI=1S/C19H21ClFN3O4/c1-17(2,3)28-16(25)22-19-8-18(9-19,10-19)15-24-23-14(27-15)7-26-11-4-5-12(20)13(21)6-11/h4-6H,7-10H2,1-3H3,(H,22,25). The summed E-state index contributed by atoms with van der Waals surface area (Å²) in [5.74, 6) is 0.625. The van der Waals surface area contributed by atoms with Crippen LogP contribution in [0, 0.1) is 5.82 Å². The van der Waals surface area contributed by atoms with E-state index in [9.17, 15) is 9.18 Å². The highest BCUT2D eigenvalue weighted by Crippen LogP contribution is 2.67. The summed E-state index contributed by atoms with van der Waals surface area (Å²) in [6.45, 7) is 5.52. The van der Waals surface area contributed by atoms with Gasteiger partial charge in [-0.2, -0.15) is 0 Å². The topological polar surface area (TPSA) is 86.5 Å². The number of amides is 1. The Kier molecular flexibility index (Phi) is 4.30. The molecule has 5 rings (SSSR count). The van der Waals surface area contributed by atoms with Crippen LogP contribution in [-0.4, -0.2) is 27.4 Å². The fourth-order valence-electron chi connectivity index (χ4n) is 3.91. The highest BCUT2D eigenvalue weighted by molar-refractivity contribution is 6.30. The van der Waals surface area contributed by atoms with Crippen LogP contribution in [0.5, 0.6) is 5.75 Å². The van der Waals surface area contributed by atoms with E-state index in [0.717, 1.165) is 19.3 Å². The molecule has 1 heterocycles. The molecule has 2 bridgehead atoms. The summed E-state index contributed by atoms with van der Waals surface area (Å²) in [7, 11) is 0. The van der Waals surface area contributed by atoms with Crippen LogP contribution in [0.15, 0.2) is 22.6 Å². The molecular weight excluding hydrogens is 389 g/mol. The molecule has 0 aliphatic heterocycles. The second-order valence-corrected chi connectivity index (χ2v) is 8.99. The van der Waals surface area contributed by atoms with Crippen molar-refractivity contribution in [2.45, 2.75) is 63.2 Å². The average Bonchev–Trinajstić information content (AvgIpc) is 2.97. The molecule has 3 fully saturated rings. The van der Waals surface area contributed by atoms with Gasteiger partial charge in [0.1, 0.15) is 17.2 Å². The van der Waals surface area contributed by atoms with Crippen molar-refractivity contribution in [3.05, 3.63) is 40.8 Å². The number of hydrogen-bond acceptors (Lipinski definition) is 6. The van der Waals surface area contributed by atoms with Crippen molar-refractivity contribution in [3.63, 3.8) is 0 Å². The first-order chi connectivity index (χ1) is 13.1. The zero-order valence-corrected chi connectivity index (χ0v) is 16.6. The van der Waals surface area contributed by atoms with E-state index in [-0.39, 0.29) is 22.6 Å². The highest BCUT2D eigenvalue weighted by Gasteiger charge is 2.72. The van der Waals surface area contributed by atoms with E-state index in [4.69, 9.17) is 25.5 Å². The summed E-state index contributed by atoms with van der Waals surface area (Å²) in [6, 6.07) is 4.19. The summed E-state index contributed by atoms with van der Waals surface area (Å²) in [5.41, 5.74) is -0.958. The number of aromatic nitrogens is 2. The first kappa shape index (κ1) is 19.0. The summed E-state index contributed by atoms with van der Waals surface area (Å²) < 4.78 is 29.9. The fourth-order valence-corrected chi connectivity index (χ4v) is 4.02. The van der Waals surface area contributed by atoms with Gasteiger partial charge in [-0.05, 0) is 52.2 Å². The number of carbonyl (C=O) groups excluding carboxylic acids is 1. The van der Waals surface area contributed by atoms with E-state index in [1.807, 2.05) is 20.8 Å². The minimum Gasteiger partial charge on any atom is -0.484 e. The zero-order valence-electron chi connectivity index (χ0n) is 15.8. The van der Waals surface area contributed by atoms with Crippen molar-refractivity contribution in [3.8, 4) is 5.75 Å². The number of hydrogen-bond donors (Lipinski definition) is 1. The van der Waals surface area contributed by atoms with Crippen molar-refractivity contribution in [1.82, 2.24) is 15.5 Å². The Bertz CT molecular complexity index is 904. The lowest BCUT2D eigenvalue weighted by atomic mass is 9.39. The molecular formula is C19H21ClFN3O4. The smallest absolute Gasteiger partial charge is 0.408 e. The van der Waals surface area contributed by atoms with Crippen LogP contribution < -0.4 is 10.1 Å². The summed E-state index contributed by atoms with van der Waals surface area (Å²) >= 11 is 5.65.